The summed E-state index contributed by atoms with van der Waals surface area (Å²) in [5.74, 6) is -0.300. The number of hydrogen-bond acceptors (Lipinski definition) is 1. The molecule has 0 spiro atoms. The zero-order valence-electron chi connectivity index (χ0n) is 5.12. The van der Waals surface area contributed by atoms with E-state index in [-0.39, 0.29) is 5.75 Å². The van der Waals surface area contributed by atoms with E-state index in [9.17, 15) is 22.0 Å². The van der Waals surface area contributed by atoms with Crippen LogP contribution in [-0.2, 0) is 4.74 Å². The summed E-state index contributed by atoms with van der Waals surface area (Å²) >= 11 is 4.12. The number of hydrogen-bond donors (Lipinski definition) is 0. The van der Waals surface area contributed by atoms with E-state index in [1.54, 1.807) is 0 Å². The van der Waals surface area contributed by atoms with Gasteiger partial charge >= 0.3 is 12.3 Å². The molecule has 0 amide bonds. The summed E-state index contributed by atoms with van der Waals surface area (Å²) in [6, 6.07) is 0. The van der Waals surface area contributed by atoms with Crippen LogP contribution in [0.3, 0.4) is 0 Å². The number of halogens is 5. The fourth-order valence-corrected chi connectivity index (χ4v) is 0.335. The van der Waals surface area contributed by atoms with Crippen molar-refractivity contribution in [2.24, 2.45) is 0 Å². The number of alkyl halides is 5. The van der Waals surface area contributed by atoms with Crippen molar-refractivity contribution in [3.63, 3.8) is 0 Å². The maximum Gasteiger partial charge on any atom is 0.482 e. The van der Waals surface area contributed by atoms with Gasteiger partial charge in [-0.1, -0.05) is 12.6 Å². The lowest BCUT2D eigenvalue weighted by molar-refractivity contribution is -0.389. The van der Waals surface area contributed by atoms with E-state index in [1.807, 2.05) is 0 Å². The molecule has 7 heteroatoms. The molecule has 0 aliphatic heterocycles. The minimum absolute atomic E-state index is 0.300. The van der Waals surface area contributed by atoms with Gasteiger partial charge in [-0.05, 0) is 0 Å². The topological polar surface area (TPSA) is 9.23 Å². The van der Waals surface area contributed by atoms with Crippen molar-refractivity contribution in [3.05, 3.63) is 0 Å². The highest BCUT2D eigenvalue weighted by Gasteiger charge is 2.59. The Labute approximate surface area is 64.9 Å². The van der Waals surface area contributed by atoms with Gasteiger partial charge in [-0.25, -0.2) is 0 Å². The van der Waals surface area contributed by atoms with E-state index in [2.05, 4.69) is 17.4 Å². The van der Waals surface area contributed by atoms with Crippen molar-refractivity contribution in [2.45, 2.75) is 12.3 Å². The standard InChI is InChI=1S/C4H4F5OS/c5-3(6,7)4(8,9)10-1-2-11/h1-2H2. The molecule has 1 nitrogen and oxygen atoms in total. The molecule has 11 heavy (non-hydrogen) atoms. The van der Waals surface area contributed by atoms with E-state index in [4.69, 9.17) is 0 Å². The molecule has 0 aliphatic carbocycles. The summed E-state index contributed by atoms with van der Waals surface area (Å²) in [4.78, 5) is 0. The van der Waals surface area contributed by atoms with Crippen molar-refractivity contribution >= 4 is 12.6 Å². The predicted octanol–water partition coefficient (Wildman–Crippen LogP) is 2.36. The quantitative estimate of drug-likeness (QED) is 0.628. The molecule has 0 rings (SSSR count). The summed E-state index contributed by atoms with van der Waals surface area (Å²) in [5, 5.41) is 0. The van der Waals surface area contributed by atoms with Crippen molar-refractivity contribution in [1.82, 2.24) is 0 Å². The average molecular weight is 195 g/mol. The lowest BCUT2D eigenvalue weighted by Gasteiger charge is -2.18. The van der Waals surface area contributed by atoms with Gasteiger partial charge in [0.05, 0.1) is 6.61 Å². The highest BCUT2D eigenvalue weighted by Crippen LogP contribution is 2.35. The van der Waals surface area contributed by atoms with Crippen LogP contribution in [0.4, 0.5) is 22.0 Å². The van der Waals surface area contributed by atoms with Gasteiger partial charge in [0.15, 0.2) is 0 Å². The Morgan fingerprint density at radius 1 is 1.09 bits per heavy atom. The van der Waals surface area contributed by atoms with Crippen LogP contribution >= 0.6 is 12.6 Å². The normalized spacial score (nSPS) is 13.6. The van der Waals surface area contributed by atoms with Gasteiger partial charge in [0.25, 0.3) is 0 Å². The molecule has 1 radical (unpaired) electrons. The average Bonchev–Trinajstić information content (AvgIpc) is 1.81. The maximum atomic E-state index is 11.7. The largest absolute Gasteiger partial charge is 0.482 e. The van der Waals surface area contributed by atoms with Gasteiger partial charge < -0.3 is 4.74 Å². The highest BCUT2D eigenvalue weighted by atomic mass is 32.1. The third-order valence-electron chi connectivity index (χ3n) is 0.697. The first-order chi connectivity index (χ1) is 4.81. The molecule has 0 atom stereocenters. The van der Waals surface area contributed by atoms with E-state index in [1.165, 1.54) is 0 Å². The van der Waals surface area contributed by atoms with Crippen LogP contribution in [0.2, 0.25) is 0 Å². The van der Waals surface area contributed by atoms with E-state index in [0.29, 0.717) is 0 Å². The van der Waals surface area contributed by atoms with Crippen LogP contribution in [0.5, 0.6) is 0 Å². The van der Waals surface area contributed by atoms with E-state index >= 15 is 0 Å². The van der Waals surface area contributed by atoms with Gasteiger partial charge in [-0.2, -0.15) is 22.0 Å². The first-order valence-electron chi connectivity index (χ1n) is 2.48. The summed E-state index contributed by atoms with van der Waals surface area (Å²) in [6.45, 7) is -0.790. The van der Waals surface area contributed by atoms with Gasteiger partial charge in [-0.3, -0.25) is 0 Å². The Morgan fingerprint density at radius 3 is 1.82 bits per heavy atom. The Hall–Kier alpha value is -0.0400. The van der Waals surface area contributed by atoms with Crippen LogP contribution in [0.25, 0.3) is 0 Å². The number of ether oxygens (including phenoxy) is 1. The molecule has 0 heterocycles. The van der Waals surface area contributed by atoms with Crippen molar-refractivity contribution < 1.29 is 26.7 Å². The summed E-state index contributed by atoms with van der Waals surface area (Å²) in [5.41, 5.74) is 0. The molecule has 67 valence electrons. The summed E-state index contributed by atoms with van der Waals surface area (Å²) in [7, 11) is 0. The van der Waals surface area contributed by atoms with Gasteiger partial charge in [0.2, 0.25) is 0 Å². The van der Waals surface area contributed by atoms with Crippen molar-refractivity contribution in [2.75, 3.05) is 12.4 Å². The van der Waals surface area contributed by atoms with Crippen LogP contribution in [-0.4, -0.2) is 24.6 Å². The fraction of sp³-hybridized carbons (Fsp3) is 1.00. The molecule has 0 aromatic carbocycles. The first-order valence-corrected chi connectivity index (χ1v) is 3.05. The van der Waals surface area contributed by atoms with Gasteiger partial charge in [-0.15, -0.1) is 0 Å². The Balaban J connectivity index is 4.00. The first kappa shape index (κ1) is 11.0. The summed E-state index contributed by atoms with van der Waals surface area (Å²) < 4.78 is 60.4. The molecule has 0 aromatic rings. The second-order valence-electron chi connectivity index (χ2n) is 1.57. The molecule has 0 aliphatic rings. The van der Waals surface area contributed by atoms with Crippen LogP contribution in [0.15, 0.2) is 0 Å². The molecule has 0 unspecified atom stereocenters. The van der Waals surface area contributed by atoms with Crippen LogP contribution in [0, 0.1) is 0 Å². The molecule has 0 saturated carbocycles. The maximum absolute atomic E-state index is 11.7. The lowest BCUT2D eigenvalue weighted by atomic mass is 10.6. The van der Waals surface area contributed by atoms with Gasteiger partial charge in [0, 0.05) is 5.75 Å². The third-order valence-corrected chi connectivity index (χ3v) is 0.863. The van der Waals surface area contributed by atoms with E-state index in [0.717, 1.165) is 0 Å². The van der Waals surface area contributed by atoms with Crippen molar-refractivity contribution in [3.8, 4) is 0 Å². The SMILES string of the molecule is FC(F)(F)C(F)(F)OCC[S]. The Bertz CT molecular complexity index is 122. The zero-order chi connectivity index (χ0) is 9.12. The van der Waals surface area contributed by atoms with Crippen LogP contribution in [0.1, 0.15) is 0 Å². The smallest absolute Gasteiger partial charge is 0.312 e. The zero-order valence-corrected chi connectivity index (χ0v) is 5.94. The van der Waals surface area contributed by atoms with Gasteiger partial charge in [0.1, 0.15) is 0 Å². The molecular formula is C4H4F5OS. The second kappa shape index (κ2) is 3.57. The van der Waals surface area contributed by atoms with E-state index < -0.39 is 18.9 Å². The lowest BCUT2D eigenvalue weighted by Crippen LogP contribution is -2.39. The minimum Gasteiger partial charge on any atom is -0.312 e. The molecule has 0 aromatic heterocycles. The third kappa shape index (κ3) is 3.24. The monoisotopic (exact) mass is 195 g/mol. The molecule has 0 N–H and O–H groups in total. The molecule has 0 saturated heterocycles. The van der Waals surface area contributed by atoms with Crippen molar-refractivity contribution in [1.29, 1.82) is 0 Å². The fourth-order valence-electron chi connectivity index (χ4n) is 0.252. The Morgan fingerprint density at radius 2 is 1.55 bits per heavy atom. The summed E-state index contributed by atoms with van der Waals surface area (Å²) in [6.07, 6.45) is -10.7. The Kier molecular flexibility index (Phi) is 3.56. The highest BCUT2D eigenvalue weighted by molar-refractivity contribution is 7.80. The minimum atomic E-state index is -5.66. The van der Waals surface area contributed by atoms with Crippen LogP contribution < -0.4 is 0 Å². The molecule has 0 bridgehead atoms. The number of rotatable bonds is 3. The second-order valence-corrected chi connectivity index (χ2v) is 1.98. The molecule has 0 fully saturated rings. The molecular weight excluding hydrogens is 191 g/mol. The predicted molar refractivity (Wildman–Crippen MR) is 29.4 cm³/mol.